The molecule has 1 heteroatoms. The summed E-state index contributed by atoms with van der Waals surface area (Å²) in [6.45, 7) is 7.06. The minimum absolute atomic E-state index is 0.0394. The summed E-state index contributed by atoms with van der Waals surface area (Å²) in [5.74, 6) is 2.21. The van der Waals surface area contributed by atoms with Crippen molar-refractivity contribution in [2.75, 3.05) is 0 Å². The zero-order valence-electron chi connectivity index (χ0n) is 15.7. The number of hydrogen-bond donors (Lipinski definition) is 0. The molecule has 0 bridgehead atoms. The van der Waals surface area contributed by atoms with Gasteiger partial charge in [-0.3, -0.25) is 0 Å². The van der Waals surface area contributed by atoms with Gasteiger partial charge in [0.15, 0.2) is 0 Å². The van der Waals surface area contributed by atoms with Gasteiger partial charge in [0.05, 0.1) is 0 Å². The molecule has 1 spiro atoms. The first kappa shape index (κ1) is 16.2. The van der Waals surface area contributed by atoms with Gasteiger partial charge < -0.3 is 4.74 Å². The van der Waals surface area contributed by atoms with Crippen LogP contribution in [0, 0.1) is 11.3 Å². The highest BCUT2D eigenvalue weighted by Gasteiger charge is 2.63. The normalized spacial score (nSPS) is 35.7. The van der Waals surface area contributed by atoms with E-state index in [9.17, 15) is 0 Å². The largest absolute Gasteiger partial charge is 0.486 e. The molecular weight excluding hydrogens is 316 g/mol. The summed E-state index contributed by atoms with van der Waals surface area (Å²) < 4.78 is 6.99. The first-order valence-electron chi connectivity index (χ1n) is 10.1. The summed E-state index contributed by atoms with van der Waals surface area (Å²) in [4.78, 5) is 0. The van der Waals surface area contributed by atoms with Crippen LogP contribution in [0.1, 0.15) is 56.1 Å². The van der Waals surface area contributed by atoms with Crippen LogP contribution in [0.15, 0.2) is 66.7 Å². The van der Waals surface area contributed by atoms with Gasteiger partial charge in [0.2, 0.25) is 0 Å². The second-order valence-electron chi connectivity index (χ2n) is 8.79. The summed E-state index contributed by atoms with van der Waals surface area (Å²) in [7, 11) is 0. The number of hydrogen-bond acceptors (Lipinski definition) is 1. The van der Waals surface area contributed by atoms with Crippen molar-refractivity contribution in [3.8, 4) is 5.75 Å². The van der Waals surface area contributed by atoms with E-state index in [1.54, 1.807) is 0 Å². The molecule has 0 radical (unpaired) electrons. The highest BCUT2D eigenvalue weighted by molar-refractivity contribution is 5.44. The molecule has 2 aromatic rings. The third-order valence-electron chi connectivity index (χ3n) is 7.62. The van der Waals surface area contributed by atoms with Gasteiger partial charge in [-0.1, -0.05) is 74.0 Å². The fraction of sp³-hybridized carbons (Fsp3) is 0.440. The van der Waals surface area contributed by atoms with Crippen molar-refractivity contribution in [3.63, 3.8) is 0 Å². The molecule has 1 aliphatic heterocycles. The highest BCUT2D eigenvalue weighted by atomic mass is 16.5. The second kappa shape index (κ2) is 5.74. The van der Waals surface area contributed by atoms with Crippen molar-refractivity contribution in [3.05, 3.63) is 77.9 Å². The predicted octanol–water partition coefficient (Wildman–Crippen LogP) is 6.30. The fourth-order valence-electron chi connectivity index (χ4n) is 6.20. The van der Waals surface area contributed by atoms with Gasteiger partial charge in [-0.05, 0) is 55.2 Å². The van der Waals surface area contributed by atoms with Crippen LogP contribution in [-0.2, 0) is 6.42 Å². The first-order chi connectivity index (χ1) is 12.6. The molecular formula is C25H28O. The zero-order valence-corrected chi connectivity index (χ0v) is 15.7. The van der Waals surface area contributed by atoms with Gasteiger partial charge in [-0.25, -0.2) is 0 Å². The van der Waals surface area contributed by atoms with Gasteiger partial charge in [-0.15, -0.1) is 0 Å². The molecule has 26 heavy (non-hydrogen) atoms. The minimum atomic E-state index is -0.102. The number of para-hydroxylation sites is 1. The highest BCUT2D eigenvalue weighted by Crippen LogP contribution is 2.64. The molecule has 3 aliphatic rings. The molecule has 1 nitrogen and oxygen atoms in total. The minimum Gasteiger partial charge on any atom is -0.486 e. The Morgan fingerprint density at radius 2 is 1.77 bits per heavy atom. The van der Waals surface area contributed by atoms with Crippen molar-refractivity contribution in [2.45, 2.75) is 57.0 Å². The van der Waals surface area contributed by atoms with Crippen molar-refractivity contribution in [1.82, 2.24) is 0 Å². The van der Waals surface area contributed by atoms with E-state index in [2.05, 4.69) is 68.1 Å². The van der Waals surface area contributed by atoms with E-state index in [4.69, 9.17) is 4.74 Å². The number of fused-ring (bicyclic) bond motifs is 1. The van der Waals surface area contributed by atoms with Gasteiger partial charge in [-0.2, -0.15) is 0 Å². The monoisotopic (exact) mass is 344 g/mol. The smallest absolute Gasteiger partial charge is 0.123 e. The lowest BCUT2D eigenvalue weighted by atomic mass is 9.47. The molecule has 1 heterocycles. The van der Waals surface area contributed by atoms with Gasteiger partial charge >= 0.3 is 0 Å². The van der Waals surface area contributed by atoms with Crippen LogP contribution in [0.5, 0.6) is 5.75 Å². The van der Waals surface area contributed by atoms with Crippen LogP contribution in [-0.4, -0.2) is 5.60 Å². The molecule has 2 aromatic carbocycles. The Balaban J connectivity index is 1.66. The average Bonchev–Trinajstić information content (AvgIpc) is 2.67. The van der Waals surface area contributed by atoms with Crippen LogP contribution in [0.25, 0.3) is 0 Å². The molecule has 0 unspecified atom stereocenters. The summed E-state index contributed by atoms with van der Waals surface area (Å²) in [5, 5.41) is 0. The molecule has 4 atom stereocenters. The number of ether oxygens (including phenoxy) is 1. The molecule has 0 saturated heterocycles. The maximum Gasteiger partial charge on any atom is 0.123 e. The topological polar surface area (TPSA) is 9.23 Å². The molecule has 134 valence electrons. The number of benzene rings is 2. The molecule has 2 aliphatic carbocycles. The predicted molar refractivity (Wildman–Crippen MR) is 107 cm³/mol. The van der Waals surface area contributed by atoms with E-state index in [-0.39, 0.29) is 11.0 Å². The van der Waals surface area contributed by atoms with Crippen molar-refractivity contribution < 1.29 is 4.74 Å². The summed E-state index contributed by atoms with van der Waals surface area (Å²) in [6.07, 6.45) is 7.18. The second-order valence-corrected chi connectivity index (χ2v) is 8.79. The Bertz CT molecular complexity index is 838. The third-order valence-corrected chi connectivity index (χ3v) is 7.62. The van der Waals surface area contributed by atoms with Crippen LogP contribution in [0.4, 0.5) is 0 Å². The Morgan fingerprint density at radius 1 is 1.00 bits per heavy atom. The standard InChI is InChI=1S/C25H28O/c1-18-16-21(19-10-4-3-5-11-19)22-13-8-9-15-25(22)24(18,2)17-20-12-6-7-14-23(20)26-25/h3-7,10-12,14,21-22H,1,8-9,13,15-17H2,2H3/t21-,22-,24+,25+/m1/s1. The van der Waals surface area contributed by atoms with Crippen LogP contribution < -0.4 is 4.74 Å². The zero-order chi connectivity index (χ0) is 17.8. The van der Waals surface area contributed by atoms with Crippen molar-refractivity contribution in [1.29, 1.82) is 0 Å². The van der Waals surface area contributed by atoms with Gasteiger partial charge in [0.1, 0.15) is 11.4 Å². The van der Waals surface area contributed by atoms with Crippen LogP contribution in [0.3, 0.4) is 0 Å². The van der Waals surface area contributed by atoms with E-state index in [0.717, 1.165) is 25.0 Å². The average molecular weight is 344 g/mol. The van der Waals surface area contributed by atoms with Gasteiger partial charge in [0.25, 0.3) is 0 Å². The first-order valence-corrected chi connectivity index (χ1v) is 10.1. The Labute approximate surface area is 157 Å². The van der Waals surface area contributed by atoms with Crippen molar-refractivity contribution >= 4 is 0 Å². The van der Waals surface area contributed by atoms with Crippen LogP contribution in [0.2, 0.25) is 0 Å². The summed E-state index contributed by atoms with van der Waals surface area (Å²) >= 11 is 0. The number of rotatable bonds is 1. The van der Waals surface area contributed by atoms with E-state index >= 15 is 0 Å². The molecule has 2 saturated carbocycles. The maximum atomic E-state index is 6.99. The molecule has 0 N–H and O–H groups in total. The van der Waals surface area contributed by atoms with Crippen molar-refractivity contribution in [2.24, 2.45) is 11.3 Å². The molecule has 0 aromatic heterocycles. The van der Waals surface area contributed by atoms with E-state index in [1.165, 1.54) is 36.0 Å². The van der Waals surface area contributed by atoms with E-state index in [0.29, 0.717) is 11.8 Å². The lowest BCUT2D eigenvalue weighted by molar-refractivity contribution is -0.139. The SMILES string of the molecule is C=C1C[C@H](c2ccccc2)[C@H]2CCCC[C@]23Oc2ccccc2C[C@@]13C. The quantitative estimate of drug-likeness (QED) is 0.552. The van der Waals surface area contributed by atoms with E-state index < -0.39 is 0 Å². The molecule has 0 amide bonds. The molecule has 5 rings (SSSR count). The third kappa shape index (κ3) is 2.09. The lowest BCUT2D eigenvalue weighted by Crippen LogP contribution is -2.64. The lowest BCUT2D eigenvalue weighted by Gasteiger charge is -2.63. The fourth-order valence-corrected chi connectivity index (χ4v) is 6.20. The van der Waals surface area contributed by atoms with E-state index in [1.807, 2.05) is 0 Å². The summed E-state index contributed by atoms with van der Waals surface area (Å²) in [6, 6.07) is 19.8. The van der Waals surface area contributed by atoms with Crippen LogP contribution >= 0.6 is 0 Å². The summed E-state index contributed by atoms with van der Waals surface area (Å²) in [5.41, 5.74) is 4.14. The maximum absolute atomic E-state index is 6.99. The Kier molecular flexibility index (Phi) is 3.57. The Morgan fingerprint density at radius 3 is 2.62 bits per heavy atom. The molecule has 2 fully saturated rings. The Hall–Kier alpha value is -2.02. The van der Waals surface area contributed by atoms with Gasteiger partial charge in [0, 0.05) is 11.3 Å².